The SMILES string of the molecule is O=C(O)c1cc(=O)cc(Br)o1. The molecule has 0 aliphatic carbocycles. The number of carboxylic acids is 1. The molecule has 1 heterocycles. The van der Waals surface area contributed by atoms with E-state index in [1.165, 1.54) is 0 Å². The van der Waals surface area contributed by atoms with Gasteiger partial charge in [-0.2, -0.15) is 0 Å². The minimum absolute atomic E-state index is 0.113. The summed E-state index contributed by atoms with van der Waals surface area (Å²) < 4.78 is 4.75. The van der Waals surface area contributed by atoms with Gasteiger partial charge in [0.15, 0.2) is 10.1 Å². The monoisotopic (exact) mass is 218 g/mol. The summed E-state index contributed by atoms with van der Waals surface area (Å²) in [6.45, 7) is 0. The molecule has 0 radical (unpaired) electrons. The van der Waals surface area contributed by atoms with Crippen molar-refractivity contribution in [1.29, 1.82) is 0 Å². The average Bonchev–Trinajstić information content (AvgIpc) is 1.85. The molecule has 1 aromatic rings. The Balaban J connectivity index is 3.30. The zero-order valence-electron chi connectivity index (χ0n) is 5.20. The van der Waals surface area contributed by atoms with Crippen LogP contribution in [0.1, 0.15) is 10.6 Å². The molecule has 0 aromatic carbocycles. The van der Waals surface area contributed by atoms with E-state index in [4.69, 9.17) is 5.11 Å². The first-order chi connectivity index (χ1) is 5.09. The largest absolute Gasteiger partial charge is 0.475 e. The molecule has 0 saturated heterocycles. The van der Waals surface area contributed by atoms with Crippen molar-refractivity contribution in [2.45, 2.75) is 0 Å². The highest BCUT2D eigenvalue weighted by atomic mass is 79.9. The second-order valence-electron chi connectivity index (χ2n) is 1.77. The van der Waals surface area contributed by atoms with Crippen molar-refractivity contribution in [1.82, 2.24) is 0 Å². The van der Waals surface area contributed by atoms with Gasteiger partial charge in [-0.15, -0.1) is 0 Å². The molecule has 0 amide bonds. The Morgan fingerprint density at radius 1 is 1.55 bits per heavy atom. The molecule has 11 heavy (non-hydrogen) atoms. The average molecular weight is 219 g/mol. The Morgan fingerprint density at radius 3 is 2.64 bits per heavy atom. The number of hydrogen-bond donors (Lipinski definition) is 1. The number of carboxylic acid groups (broad SMARTS) is 1. The van der Waals surface area contributed by atoms with Crippen molar-refractivity contribution in [3.8, 4) is 0 Å². The molecule has 1 aromatic heterocycles. The summed E-state index contributed by atoms with van der Waals surface area (Å²) in [5.41, 5.74) is -0.402. The van der Waals surface area contributed by atoms with E-state index in [2.05, 4.69) is 20.3 Å². The van der Waals surface area contributed by atoms with Crippen molar-refractivity contribution in [3.05, 3.63) is 32.8 Å². The number of carbonyl (C=O) groups is 1. The number of halogens is 1. The molecule has 0 atom stereocenters. The Morgan fingerprint density at radius 2 is 2.18 bits per heavy atom. The quantitative estimate of drug-likeness (QED) is 0.767. The third-order valence-electron chi connectivity index (χ3n) is 0.947. The van der Waals surface area contributed by atoms with Crippen LogP contribution in [0.25, 0.3) is 0 Å². The van der Waals surface area contributed by atoms with Crippen LogP contribution in [0.5, 0.6) is 0 Å². The number of rotatable bonds is 1. The fourth-order valence-corrected chi connectivity index (χ4v) is 0.952. The molecule has 0 unspecified atom stereocenters. The van der Waals surface area contributed by atoms with E-state index in [1.807, 2.05) is 0 Å². The van der Waals surface area contributed by atoms with Crippen molar-refractivity contribution in [2.24, 2.45) is 0 Å². The molecule has 58 valence electrons. The lowest BCUT2D eigenvalue weighted by Gasteiger charge is -1.92. The van der Waals surface area contributed by atoms with E-state index in [0.29, 0.717) is 0 Å². The molecule has 0 bridgehead atoms. The minimum Gasteiger partial charge on any atom is -0.475 e. The Kier molecular flexibility index (Phi) is 2.09. The van der Waals surface area contributed by atoms with E-state index in [0.717, 1.165) is 12.1 Å². The normalized spacial score (nSPS) is 9.55. The molecular weight excluding hydrogens is 216 g/mol. The summed E-state index contributed by atoms with van der Waals surface area (Å²) in [5.74, 6) is -1.63. The summed E-state index contributed by atoms with van der Waals surface area (Å²) in [6.07, 6.45) is 0. The minimum atomic E-state index is -1.26. The van der Waals surface area contributed by atoms with E-state index < -0.39 is 11.4 Å². The predicted octanol–water partition coefficient (Wildman–Crippen LogP) is 1.10. The molecule has 0 fully saturated rings. The van der Waals surface area contributed by atoms with Crippen LogP contribution in [0, 0.1) is 0 Å². The van der Waals surface area contributed by atoms with Crippen LogP contribution in [0.3, 0.4) is 0 Å². The van der Waals surface area contributed by atoms with Crippen LogP contribution >= 0.6 is 15.9 Å². The predicted molar refractivity (Wildman–Crippen MR) is 39.6 cm³/mol. The zero-order valence-corrected chi connectivity index (χ0v) is 6.79. The lowest BCUT2D eigenvalue weighted by Crippen LogP contribution is -2.04. The number of hydrogen-bond acceptors (Lipinski definition) is 3. The van der Waals surface area contributed by atoms with Crippen molar-refractivity contribution < 1.29 is 14.3 Å². The maximum atomic E-state index is 10.7. The van der Waals surface area contributed by atoms with Crippen LogP contribution in [0.4, 0.5) is 0 Å². The molecule has 0 saturated carbocycles. The van der Waals surface area contributed by atoms with Crippen LogP contribution in [0.15, 0.2) is 26.0 Å². The molecule has 1 N–H and O–H groups in total. The van der Waals surface area contributed by atoms with Gasteiger partial charge in [-0.1, -0.05) is 0 Å². The summed E-state index contributed by atoms with van der Waals surface area (Å²) >= 11 is 2.85. The molecule has 1 rings (SSSR count). The molecule has 0 aliphatic rings. The first-order valence-corrected chi connectivity index (χ1v) is 3.43. The summed E-state index contributed by atoms with van der Waals surface area (Å²) in [7, 11) is 0. The van der Waals surface area contributed by atoms with Gasteiger partial charge in [0.05, 0.1) is 0 Å². The van der Waals surface area contributed by atoms with Crippen LogP contribution in [-0.4, -0.2) is 11.1 Å². The lowest BCUT2D eigenvalue weighted by molar-refractivity contribution is 0.0657. The maximum Gasteiger partial charge on any atom is 0.371 e. The Hall–Kier alpha value is -1.10. The van der Waals surface area contributed by atoms with Gasteiger partial charge in [0, 0.05) is 12.1 Å². The lowest BCUT2D eigenvalue weighted by atomic mass is 10.4. The van der Waals surface area contributed by atoms with Crippen LogP contribution < -0.4 is 5.43 Å². The van der Waals surface area contributed by atoms with Gasteiger partial charge >= 0.3 is 5.97 Å². The summed E-state index contributed by atoms with van der Waals surface area (Å²) in [6, 6.07) is 2.06. The highest BCUT2D eigenvalue weighted by molar-refractivity contribution is 9.10. The second kappa shape index (κ2) is 2.87. The first-order valence-electron chi connectivity index (χ1n) is 2.63. The van der Waals surface area contributed by atoms with Gasteiger partial charge in [0.1, 0.15) is 0 Å². The summed E-state index contributed by atoms with van der Waals surface area (Å²) in [4.78, 5) is 20.9. The maximum absolute atomic E-state index is 10.7. The fourth-order valence-electron chi connectivity index (χ4n) is 0.552. The van der Waals surface area contributed by atoms with Gasteiger partial charge in [-0.25, -0.2) is 4.79 Å². The topological polar surface area (TPSA) is 67.5 Å². The van der Waals surface area contributed by atoms with E-state index in [9.17, 15) is 9.59 Å². The third-order valence-corrected chi connectivity index (χ3v) is 1.34. The highest BCUT2D eigenvalue weighted by Crippen LogP contribution is 2.07. The van der Waals surface area contributed by atoms with Gasteiger partial charge in [0.2, 0.25) is 5.76 Å². The van der Waals surface area contributed by atoms with E-state index >= 15 is 0 Å². The van der Waals surface area contributed by atoms with Crippen molar-refractivity contribution in [2.75, 3.05) is 0 Å². The Bertz CT molecular complexity index is 341. The van der Waals surface area contributed by atoms with Crippen LogP contribution in [-0.2, 0) is 0 Å². The van der Waals surface area contributed by atoms with Crippen LogP contribution in [0.2, 0.25) is 0 Å². The first kappa shape index (κ1) is 8.00. The zero-order chi connectivity index (χ0) is 8.43. The van der Waals surface area contributed by atoms with Gasteiger partial charge in [-0.05, 0) is 15.9 Å². The van der Waals surface area contributed by atoms with Gasteiger partial charge in [0.25, 0.3) is 0 Å². The van der Waals surface area contributed by atoms with E-state index in [-0.39, 0.29) is 10.4 Å². The van der Waals surface area contributed by atoms with E-state index in [1.54, 1.807) is 0 Å². The number of aromatic carboxylic acids is 1. The smallest absolute Gasteiger partial charge is 0.371 e. The molecule has 4 nitrogen and oxygen atoms in total. The van der Waals surface area contributed by atoms with Gasteiger partial charge in [-0.3, -0.25) is 4.79 Å². The third kappa shape index (κ3) is 1.91. The molecule has 0 aliphatic heterocycles. The fraction of sp³-hybridized carbons (Fsp3) is 0. The van der Waals surface area contributed by atoms with Crippen molar-refractivity contribution >= 4 is 21.9 Å². The second-order valence-corrected chi connectivity index (χ2v) is 2.55. The van der Waals surface area contributed by atoms with Gasteiger partial charge < -0.3 is 9.52 Å². The molecule has 0 spiro atoms. The van der Waals surface area contributed by atoms with Crippen molar-refractivity contribution in [3.63, 3.8) is 0 Å². The molecular formula is C6H3BrO4. The summed E-state index contributed by atoms with van der Waals surface area (Å²) in [5, 5.41) is 8.38. The molecule has 5 heteroatoms. The Labute approximate surface area is 69.6 Å². The standard InChI is InChI=1S/C6H3BrO4/c7-5-2-3(8)1-4(11-5)6(9)10/h1-2H,(H,9,10). The highest BCUT2D eigenvalue weighted by Gasteiger charge is 2.06.